The number of ketones is 1. The number of ether oxygens (including phenoxy) is 1. The summed E-state index contributed by atoms with van der Waals surface area (Å²) in [5.41, 5.74) is 0.939. The van der Waals surface area contributed by atoms with Crippen molar-refractivity contribution in [3.63, 3.8) is 0 Å². The van der Waals surface area contributed by atoms with E-state index in [1.807, 2.05) is 30.3 Å². The van der Waals surface area contributed by atoms with Crippen LogP contribution in [-0.4, -0.2) is 41.8 Å². The molecule has 0 aromatic heterocycles. The average molecular weight is 305 g/mol. The van der Waals surface area contributed by atoms with Gasteiger partial charge in [0, 0.05) is 13.0 Å². The largest absolute Gasteiger partial charge is 0.464 e. The third-order valence-electron chi connectivity index (χ3n) is 3.27. The van der Waals surface area contributed by atoms with E-state index in [-0.39, 0.29) is 24.7 Å². The van der Waals surface area contributed by atoms with Crippen molar-refractivity contribution in [1.82, 2.24) is 4.90 Å². The van der Waals surface area contributed by atoms with E-state index in [1.54, 1.807) is 13.8 Å². The molecule has 0 unspecified atom stereocenters. The van der Waals surface area contributed by atoms with E-state index in [1.165, 1.54) is 11.8 Å². The monoisotopic (exact) mass is 305 g/mol. The number of rotatable bonds is 8. The van der Waals surface area contributed by atoms with Gasteiger partial charge in [-0.15, -0.1) is 0 Å². The molecule has 0 aliphatic rings. The van der Waals surface area contributed by atoms with Crippen molar-refractivity contribution in [2.24, 2.45) is 0 Å². The maximum Gasteiger partial charge on any atom is 0.329 e. The smallest absolute Gasteiger partial charge is 0.329 e. The second kappa shape index (κ2) is 8.97. The quantitative estimate of drug-likeness (QED) is 0.544. The number of likely N-dealkylation sites (N-methyl/N-ethyl adjacent to an activating group) is 1. The molecule has 0 aliphatic carbocycles. The van der Waals surface area contributed by atoms with E-state index < -0.39 is 12.0 Å². The zero-order chi connectivity index (χ0) is 16.5. The minimum atomic E-state index is -0.709. The topological polar surface area (TPSA) is 63.7 Å². The number of carbonyl (C=O) groups excluding carboxylic acids is 3. The van der Waals surface area contributed by atoms with Gasteiger partial charge in [-0.1, -0.05) is 30.3 Å². The molecule has 22 heavy (non-hydrogen) atoms. The van der Waals surface area contributed by atoms with Crippen LogP contribution in [0.5, 0.6) is 0 Å². The summed E-state index contributed by atoms with van der Waals surface area (Å²) in [4.78, 5) is 37.1. The molecule has 0 saturated heterocycles. The minimum absolute atomic E-state index is 0.196. The number of amides is 1. The fraction of sp³-hybridized carbons (Fsp3) is 0.471. The number of esters is 1. The molecule has 1 atom stereocenters. The van der Waals surface area contributed by atoms with Gasteiger partial charge in [-0.2, -0.15) is 0 Å². The van der Waals surface area contributed by atoms with Crippen LogP contribution in [0.4, 0.5) is 0 Å². The molecule has 0 bridgehead atoms. The van der Waals surface area contributed by atoms with Crippen LogP contribution in [0, 0.1) is 0 Å². The molecule has 1 aromatic carbocycles. The van der Waals surface area contributed by atoms with Crippen molar-refractivity contribution >= 4 is 17.7 Å². The molecule has 0 fully saturated rings. The molecule has 0 saturated carbocycles. The molecule has 5 heteroatoms. The van der Waals surface area contributed by atoms with E-state index in [9.17, 15) is 14.4 Å². The zero-order valence-electron chi connectivity index (χ0n) is 13.4. The Kier molecular flexibility index (Phi) is 7.29. The molecule has 1 amide bonds. The molecule has 1 rings (SSSR count). The molecule has 5 nitrogen and oxygen atoms in total. The third kappa shape index (κ3) is 5.31. The van der Waals surface area contributed by atoms with Gasteiger partial charge in [-0.25, -0.2) is 4.79 Å². The summed E-state index contributed by atoms with van der Waals surface area (Å²) in [5.74, 6) is -1.00. The van der Waals surface area contributed by atoms with Gasteiger partial charge in [0.15, 0.2) is 0 Å². The Bertz CT molecular complexity index is 513. The highest BCUT2D eigenvalue weighted by Crippen LogP contribution is 2.13. The minimum Gasteiger partial charge on any atom is -0.464 e. The number of hydrogen-bond acceptors (Lipinski definition) is 4. The van der Waals surface area contributed by atoms with Crippen molar-refractivity contribution in [2.75, 3.05) is 13.2 Å². The van der Waals surface area contributed by atoms with E-state index in [4.69, 9.17) is 4.74 Å². The second-order valence-electron chi connectivity index (χ2n) is 5.02. The van der Waals surface area contributed by atoms with E-state index >= 15 is 0 Å². The van der Waals surface area contributed by atoms with Gasteiger partial charge in [-0.3, -0.25) is 9.59 Å². The Labute approximate surface area is 131 Å². The highest BCUT2D eigenvalue weighted by molar-refractivity contribution is 5.98. The summed E-state index contributed by atoms with van der Waals surface area (Å²) >= 11 is 0. The second-order valence-corrected chi connectivity index (χ2v) is 5.02. The van der Waals surface area contributed by atoms with Gasteiger partial charge >= 0.3 is 5.97 Å². The van der Waals surface area contributed by atoms with Gasteiger partial charge in [0.05, 0.1) is 13.0 Å². The Balaban J connectivity index is 2.98. The van der Waals surface area contributed by atoms with Gasteiger partial charge in [0.1, 0.15) is 11.8 Å². The predicted molar refractivity (Wildman–Crippen MR) is 83.3 cm³/mol. The molecule has 0 radical (unpaired) electrons. The van der Waals surface area contributed by atoms with E-state index in [0.29, 0.717) is 13.0 Å². The van der Waals surface area contributed by atoms with E-state index in [2.05, 4.69) is 0 Å². The SMILES string of the molecule is CCOC(=O)[C@H](Cc1ccccc1)N(CC)C(=O)CC(C)=O. The summed E-state index contributed by atoms with van der Waals surface area (Å²) in [7, 11) is 0. The first-order valence-electron chi connectivity index (χ1n) is 7.49. The highest BCUT2D eigenvalue weighted by atomic mass is 16.5. The molecule has 0 aliphatic heterocycles. The lowest BCUT2D eigenvalue weighted by atomic mass is 10.0. The predicted octanol–water partition coefficient (Wildman–Crippen LogP) is 1.99. The fourth-order valence-electron chi connectivity index (χ4n) is 2.28. The van der Waals surface area contributed by atoms with Crippen LogP contribution < -0.4 is 0 Å². The van der Waals surface area contributed by atoms with Crippen LogP contribution in [0.1, 0.15) is 32.8 Å². The number of hydrogen-bond donors (Lipinski definition) is 0. The van der Waals surface area contributed by atoms with E-state index in [0.717, 1.165) is 5.56 Å². The molecule has 1 aromatic rings. The maximum atomic E-state index is 12.2. The summed E-state index contributed by atoms with van der Waals surface area (Å²) in [5, 5.41) is 0. The summed E-state index contributed by atoms with van der Waals surface area (Å²) in [6, 6.07) is 8.74. The standard InChI is InChI=1S/C17H23NO4/c1-4-18(16(20)11-13(3)19)15(17(21)22-5-2)12-14-9-7-6-8-10-14/h6-10,15H,4-5,11-12H2,1-3H3/t15-/m0/s1. The van der Waals surface area contributed by atoms with Crippen molar-refractivity contribution in [1.29, 1.82) is 0 Å². The lowest BCUT2D eigenvalue weighted by molar-refractivity contribution is -0.155. The van der Waals surface area contributed by atoms with Gasteiger partial charge in [0.25, 0.3) is 0 Å². The molecule has 0 spiro atoms. The lowest BCUT2D eigenvalue weighted by Gasteiger charge is -2.29. The Morgan fingerprint density at radius 2 is 1.77 bits per heavy atom. The first-order chi connectivity index (χ1) is 10.5. The van der Waals surface area contributed by atoms with Crippen molar-refractivity contribution in [2.45, 2.75) is 39.7 Å². The molecule has 0 N–H and O–H groups in total. The summed E-state index contributed by atoms with van der Waals surface area (Å²) < 4.78 is 5.10. The van der Waals surface area contributed by atoms with Gasteiger partial charge < -0.3 is 9.64 Å². The van der Waals surface area contributed by atoms with Crippen molar-refractivity contribution < 1.29 is 19.1 Å². The Morgan fingerprint density at radius 1 is 1.14 bits per heavy atom. The zero-order valence-corrected chi connectivity index (χ0v) is 13.4. The number of Topliss-reactive ketones (excluding diaryl/α,β-unsaturated/α-hetero) is 1. The van der Waals surface area contributed by atoms with Crippen LogP contribution in [0.2, 0.25) is 0 Å². The molecule has 120 valence electrons. The average Bonchev–Trinajstić information content (AvgIpc) is 2.47. The number of carbonyl (C=O) groups is 3. The maximum absolute atomic E-state index is 12.2. The molecular formula is C17H23NO4. The van der Waals surface area contributed by atoms with Crippen LogP contribution >= 0.6 is 0 Å². The lowest BCUT2D eigenvalue weighted by Crippen LogP contribution is -2.47. The summed E-state index contributed by atoms with van der Waals surface area (Å²) in [6.07, 6.45) is 0.176. The van der Waals surface area contributed by atoms with Crippen LogP contribution in [0.25, 0.3) is 0 Å². The van der Waals surface area contributed by atoms with Gasteiger partial charge in [-0.05, 0) is 26.3 Å². The van der Waals surface area contributed by atoms with Gasteiger partial charge in [0.2, 0.25) is 5.91 Å². The van der Waals surface area contributed by atoms with Crippen molar-refractivity contribution in [3.05, 3.63) is 35.9 Å². The first-order valence-corrected chi connectivity index (χ1v) is 7.49. The normalized spacial score (nSPS) is 11.6. The number of nitrogens with zero attached hydrogens (tertiary/aromatic N) is 1. The first kappa shape index (κ1) is 17.9. The third-order valence-corrected chi connectivity index (χ3v) is 3.27. The Morgan fingerprint density at radius 3 is 2.27 bits per heavy atom. The summed E-state index contributed by atoms with van der Waals surface area (Å²) in [6.45, 7) is 5.48. The van der Waals surface area contributed by atoms with Crippen LogP contribution in [0.15, 0.2) is 30.3 Å². The van der Waals surface area contributed by atoms with Crippen molar-refractivity contribution in [3.8, 4) is 0 Å². The number of benzene rings is 1. The fourth-order valence-corrected chi connectivity index (χ4v) is 2.28. The molecule has 0 heterocycles. The molecular weight excluding hydrogens is 282 g/mol. The van der Waals surface area contributed by atoms with Crippen LogP contribution in [0.3, 0.4) is 0 Å². The Hall–Kier alpha value is -2.17. The van der Waals surface area contributed by atoms with Crippen LogP contribution in [-0.2, 0) is 25.5 Å². The highest BCUT2D eigenvalue weighted by Gasteiger charge is 2.30.